The summed E-state index contributed by atoms with van der Waals surface area (Å²) >= 11 is 0. The summed E-state index contributed by atoms with van der Waals surface area (Å²) < 4.78 is 1.75. The van der Waals surface area contributed by atoms with E-state index in [1.807, 2.05) is 30.3 Å². The maximum Gasteiger partial charge on any atom is 0.356 e. The molecule has 15 heavy (non-hydrogen) atoms. The molecule has 0 aliphatic heterocycles. The molecule has 0 bridgehead atoms. The molecule has 76 valence electrons. The first-order valence-corrected chi connectivity index (χ1v) is 4.55. The fraction of sp³-hybridized carbons (Fsp3) is 0.0909. The molecule has 1 heterocycles. The van der Waals surface area contributed by atoms with Crippen LogP contribution < -0.4 is 0 Å². The topological polar surface area (TPSA) is 55.1 Å². The van der Waals surface area contributed by atoms with Crippen LogP contribution in [0.3, 0.4) is 0 Å². The second-order valence-electron chi connectivity index (χ2n) is 3.22. The van der Waals surface area contributed by atoms with Gasteiger partial charge < -0.3 is 9.67 Å². The van der Waals surface area contributed by atoms with Crippen molar-refractivity contribution in [1.29, 1.82) is 0 Å². The molecule has 0 aliphatic carbocycles. The molecule has 0 unspecified atom stereocenters. The molecule has 0 aliphatic rings. The first-order chi connectivity index (χ1) is 7.25. The van der Waals surface area contributed by atoms with E-state index in [9.17, 15) is 4.79 Å². The van der Waals surface area contributed by atoms with E-state index in [4.69, 9.17) is 5.11 Å². The van der Waals surface area contributed by atoms with Crippen LogP contribution in [0.15, 0.2) is 42.9 Å². The molecule has 0 radical (unpaired) electrons. The van der Waals surface area contributed by atoms with Crippen molar-refractivity contribution < 1.29 is 9.90 Å². The number of benzene rings is 1. The molecule has 2 rings (SSSR count). The number of aromatic carboxylic acids is 1. The molecule has 4 nitrogen and oxygen atoms in total. The number of nitrogens with zero attached hydrogens (tertiary/aromatic N) is 2. The summed E-state index contributed by atoms with van der Waals surface area (Å²) in [5, 5.41) is 8.69. The molecule has 1 aromatic heterocycles. The number of carboxylic acids is 1. The summed E-state index contributed by atoms with van der Waals surface area (Å²) in [7, 11) is 0. The highest BCUT2D eigenvalue weighted by atomic mass is 16.4. The second-order valence-corrected chi connectivity index (χ2v) is 3.22. The molecule has 1 aromatic carbocycles. The Morgan fingerprint density at radius 2 is 2.07 bits per heavy atom. The lowest BCUT2D eigenvalue weighted by atomic mass is 10.2. The summed E-state index contributed by atoms with van der Waals surface area (Å²) in [6.07, 6.45) is 3.05. The fourth-order valence-corrected chi connectivity index (χ4v) is 1.35. The molecule has 2 aromatic rings. The standard InChI is InChI=1S/C11H10N2O2/c14-11(15)10-7-13(8-12-10)6-9-4-2-1-3-5-9/h1-5,7-8H,6H2,(H,14,15). The summed E-state index contributed by atoms with van der Waals surface area (Å²) in [4.78, 5) is 14.4. The normalized spacial score (nSPS) is 10.1. The first-order valence-electron chi connectivity index (χ1n) is 4.55. The van der Waals surface area contributed by atoms with Crippen LogP contribution in [0.2, 0.25) is 0 Å². The van der Waals surface area contributed by atoms with Crippen molar-refractivity contribution in [3.05, 3.63) is 54.1 Å². The highest BCUT2D eigenvalue weighted by molar-refractivity contribution is 5.84. The number of imidazole rings is 1. The molecule has 0 spiro atoms. The second kappa shape index (κ2) is 3.96. The molecule has 0 amide bonds. The van der Waals surface area contributed by atoms with Crippen LogP contribution in [-0.2, 0) is 6.54 Å². The largest absolute Gasteiger partial charge is 0.476 e. The summed E-state index contributed by atoms with van der Waals surface area (Å²) in [6, 6.07) is 9.82. The zero-order chi connectivity index (χ0) is 10.7. The van der Waals surface area contributed by atoms with E-state index in [-0.39, 0.29) is 5.69 Å². The number of aromatic nitrogens is 2. The average molecular weight is 202 g/mol. The molecule has 0 saturated heterocycles. The summed E-state index contributed by atoms with van der Waals surface area (Å²) in [5.74, 6) is -0.998. The molecule has 0 fully saturated rings. The Hall–Kier alpha value is -2.10. The molecular weight excluding hydrogens is 192 g/mol. The summed E-state index contributed by atoms with van der Waals surface area (Å²) in [5.41, 5.74) is 1.19. The van der Waals surface area contributed by atoms with Gasteiger partial charge in [0.25, 0.3) is 0 Å². The van der Waals surface area contributed by atoms with Gasteiger partial charge in [-0.1, -0.05) is 30.3 Å². The van der Waals surface area contributed by atoms with Gasteiger partial charge in [-0.05, 0) is 5.56 Å². The van der Waals surface area contributed by atoms with Crippen LogP contribution in [0.1, 0.15) is 16.1 Å². The van der Waals surface area contributed by atoms with Gasteiger partial charge in [-0.15, -0.1) is 0 Å². The SMILES string of the molecule is O=C(O)c1cn(Cc2ccccc2)cn1. The molecule has 0 atom stereocenters. The van der Waals surface area contributed by atoms with E-state index in [2.05, 4.69) is 4.98 Å². The van der Waals surface area contributed by atoms with Crippen molar-refractivity contribution in [1.82, 2.24) is 9.55 Å². The third kappa shape index (κ3) is 2.22. The highest BCUT2D eigenvalue weighted by Crippen LogP contribution is 2.03. The quantitative estimate of drug-likeness (QED) is 0.822. The van der Waals surface area contributed by atoms with Gasteiger partial charge in [-0.2, -0.15) is 0 Å². The van der Waals surface area contributed by atoms with Crippen LogP contribution in [0.4, 0.5) is 0 Å². The molecule has 4 heteroatoms. The van der Waals surface area contributed by atoms with Gasteiger partial charge in [-0.3, -0.25) is 0 Å². The minimum absolute atomic E-state index is 0.0749. The first kappa shape index (κ1) is 9.45. The Bertz CT molecular complexity index is 462. The van der Waals surface area contributed by atoms with E-state index in [0.717, 1.165) is 5.56 Å². The Labute approximate surface area is 86.8 Å². The van der Waals surface area contributed by atoms with Gasteiger partial charge in [0.15, 0.2) is 5.69 Å². The lowest BCUT2D eigenvalue weighted by Gasteiger charge is -2.00. The zero-order valence-corrected chi connectivity index (χ0v) is 8.00. The highest BCUT2D eigenvalue weighted by Gasteiger charge is 2.05. The number of carbonyl (C=O) groups is 1. The monoisotopic (exact) mass is 202 g/mol. The van der Waals surface area contributed by atoms with Crippen LogP contribution in [0.5, 0.6) is 0 Å². The lowest BCUT2D eigenvalue weighted by molar-refractivity contribution is 0.0691. The van der Waals surface area contributed by atoms with Crippen molar-refractivity contribution in [2.45, 2.75) is 6.54 Å². The maximum atomic E-state index is 10.6. The van der Waals surface area contributed by atoms with Crippen molar-refractivity contribution in [2.75, 3.05) is 0 Å². The molecular formula is C11H10N2O2. The third-order valence-electron chi connectivity index (χ3n) is 2.06. The number of hydrogen-bond acceptors (Lipinski definition) is 2. The van der Waals surface area contributed by atoms with Gasteiger partial charge in [-0.25, -0.2) is 9.78 Å². The van der Waals surface area contributed by atoms with E-state index < -0.39 is 5.97 Å². The predicted molar refractivity (Wildman–Crippen MR) is 54.7 cm³/mol. The Balaban J connectivity index is 2.15. The zero-order valence-electron chi connectivity index (χ0n) is 8.00. The maximum absolute atomic E-state index is 10.6. The van der Waals surface area contributed by atoms with Crippen molar-refractivity contribution in [3.8, 4) is 0 Å². The van der Waals surface area contributed by atoms with Crippen molar-refractivity contribution >= 4 is 5.97 Å². The van der Waals surface area contributed by atoms with E-state index in [0.29, 0.717) is 6.54 Å². The Morgan fingerprint density at radius 1 is 1.33 bits per heavy atom. The van der Waals surface area contributed by atoms with E-state index in [1.54, 1.807) is 4.57 Å². The van der Waals surface area contributed by atoms with Gasteiger partial charge in [0, 0.05) is 12.7 Å². The lowest BCUT2D eigenvalue weighted by Crippen LogP contribution is -1.98. The van der Waals surface area contributed by atoms with Crippen LogP contribution >= 0.6 is 0 Å². The van der Waals surface area contributed by atoms with Crippen LogP contribution in [0, 0.1) is 0 Å². The number of rotatable bonds is 3. The number of carboxylic acid groups (broad SMARTS) is 1. The minimum Gasteiger partial charge on any atom is -0.476 e. The minimum atomic E-state index is -0.998. The molecule has 1 N–H and O–H groups in total. The van der Waals surface area contributed by atoms with Crippen LogP contribution in [-0.4, -0.2) is 20.6 Å². The van der Waals surface area contributed by atoms with Crippen LogP contribution in [0.25, 0.3) is 0 Å². The molecule has 0 saturated carbocycles. The van der Waals surface area contributed by atoms with Gasteiger partial charge in [0.2, 0.25) is 0 Å². The van der Waals surface area contributed by atoms with Gasteiger partial charge in [0.1, 0.15) is 0 Å². The van der Waals surface area contributed by atoms with E-state index in [1.165, 1.54) is 12.5 Å². The Morgan fingerprint density at radius 3 is 2.67 bits per heavy atom. The van der Waals surface area contributed by atoms with Gasteiger partial charge in [0.05, 0.1) is 6.33 Å². The van der Waals surface area contributed by atoms with E-state index >= 15 is 0 Å². The van der Waals surface area contributed by atoms with Gasteiger partial charge >= 0.3 is 5.97 Å². The fourth-order valence-electron chi connectivity index (χ4n) is 1.35. The predicted octanol–water partition coefficient (Wildman–Crippen LogP) is 1.63. The smallest absolute Gasteiger partial charge is 0.356 e. The third-order valence-corrected chi connectivity index (χ3v) is 2.06. The van der Waals surface area contributed by atoms with Crippen molar-refractivity contribution in [3.63, 3.8) is 0 Å². The summed E-state index contributed by atoms with van der Waals surface area (Å²) in [6.45, 7) is 0.640. The Kier molecular flexibility index (Phi) is 2.49. The number of hydrogen-bond donors (Lipinski definition) is 1. The van der Waals surface area contributed by atoms with Crippen molar-refractivity contribution in [2.24, 2.45) is 0 Å². The average Bonchev–Trinajstić information content (AvgIpc) is 2.68.